The highest BCUT2D eigenvalue weighted by molar-refractivity contribution is 14.1. The first-order valence-corrected chi connectivity index (χ1v) is 9.57. The van der Waals surface area contributed by atoms with Crippen LogP contribution in [0.1, 0.15) is 5.56 Å². The summed E-state index contributed by atoms with van der Waals surface area (Å²) in [4.78, 5) is 24.9. The van der Waals surface area contributed by atoms with Gasteiger partial charge in [-0.05, 0) is 58.5 Å². The maximum absolute atomic E-state index is 12.7. The molecule has 1 heterocycles. The van der Waals surface area contributed by atoms with E-state index in [0.29, 0.717) is 14.9 Å². The van der Waals surface area contributed by atoms with Gasteiger partial charge in [0.05, 0.1) is 26.2 Å². The fourth-order valence-corrected chi connectivity index (χ4v) is 4.40. The number of carbonyl (C=O) groups excluding carboxylic acids is 1. The molecule has 1 aliphatic heterocycles. The number of carbonyl (C=O) groups is 1. The molecule has 3 rings (SSSR count). The Labute approximate surface area is 172 Å². The van der Waals surface area contributed by atoms with E-state index in [1.165, 1.54) is 40.9 Å². The number of thiocarbonyl (C=S) groups is 1. The summed E-state index contributed by atoms with van der Waals surface area (Å²) in [5.41, 5.74) is 1.33. The normalized spacial score (nSPS) is 15.6. The molecule has 0 spiro atoms. The molecule has 6 nitrogen and oxygen atoms in total. The van der Waals surface area contributed by atoms with Crippen molar-refractivity contribution in [3.63, 3.8) is 0 Å². The lowest BCUT2D eigenvalue weighted by atomic mass is 10.2. The summed E-state index contributed by atoms with van der Waals surface area (Å²) in [5.74, 6) is 0.515. The van der Waals surface area contributed by atoms with Crippen molar-refractivity contribution in [2.75, 3.05) is 12.0 Å². The van der Waals surface area contributed by atoms with Crippen LogP contribution in [0.4, 0.5) is 11.4 Å². The van der Waals surface area contributed by atoms with Crippen molar-refractivity contribution in [2.45, 2.75) is 0 Å². The third-order valence-electron chi connectivity index (χ3n) is 3.59. The van der Waals surface area contributed by atoms with Crippen LogP contribution >= 0.6 is 46.6 Å². The van der Waals surface area contributed by atoms with Crippen molar-refractivity contribution < 1.29 is 14.5 Å². The number of nitro groups is 1. The lowest BCUT2D eigenvalue weighted by molar-refractivity contribution is -0.384. The summed E-state index contributed by atoms with van der Waals surface area (Å²) in [6, 6.07) is 11.3. The van der Waals surface area contributed by atoms with Gasteiger partial charge in [-0.1, -0.05) is 30.0 Å². The Bertz CT molecular complexity index is 944. The molecule has 0 aromatic heterocycles. The van der Waals surface area contributed by atoms with Gasteiger partial charge in [-0.25, -0.2) is 0 Å². The molecule has 2 aromatic carbocycles. The van der Waals surface area contributed by atoms with Crippen LogP contribution in [-0.2, 0) is 4.79 Å². The van der Waals surface area contributed by atoms with Crippen LogP contribution in [0.25, 0.3) is 6.08 Å². The van der Waals surface area contributed by atoms with E-state index in [-0.39, 0.29) is 11.6 Å². The first-order chi connectivity index (χ1) is 12.4. The van der Waals surface area contributed by atoms with E-state index in [1.54, 1.807) is 13.2 Å². The summed E-state index contributed by atoms with van der Waals surface area (Å²) in [5, 5.41) is 10.8. The highest BCUT2D eigenvalue weighted by Gasteiger charge is 2.33. The molecule has 26 heavy (non-hydrogen) atoms. The molecule has 0 aliphatic carbocycles. The number of anilines is 1. The van der Waals surface area contributed by atoms with Crippen molar-refractivity contribution in [3.8, 4) is 5.75 Å². The van der Waals surface area contributed by atoms with Gasteiger partial charge in [0.2, 0.25) is 0 Å². The summed E-state index contributed by atoms with van der Waals surface area (Å²) in [6.07, 6.45) is 1.77. The Balaban J connectivity index is 1.88. The molecule has 2 aromatic rings. The van der Waals surface area contributed by atoms with Crippen LogP contribution in [0.15, 0.2) is 47.4 Å². The SMILES string of the molecule is COc1ccc(/C=C2/SC(=S)N(c3ccc([N+](=O)[O-])cc3)C2=O)cc1I. The van der Waals surface area contributed by atoms with E-state index < -0.39 is 4.92 Å². The summed E-state index contributed by atoms with van der Waals surface area (Å²) in [6.45, 7) is 0. The molecule has 1 fully saturated rings. The molecule has 132 valence electrons. The molecule has 0 bridgehead atoms. The van der Waals surface area contributed by atoms with E-state index in [9.17, 15) is 14.9 Å². The van der Waals surface area contributed by atoms with Gasteiger partial charge in [0.1, 0.15) is 5.75 Å². The van der Waals surface area contributed by atoms with Crippen molar-refractivity contribution in [2.24, 2.45) is 0 Å². The Morgan fingerprint density at radius 2 is 1.96 bits per heavy atom. The lowest BCUT2D eigenvalue weighted by Crippen LogP contribution is -2.27. The van der Waals surface area contributed by atoms with E-state index in [0.717, 1.165) is 14.9 Å². The molecule has 1 amide bonds. The quantitative estimate of drug-likeness (QED) is 0.202. The lowest BCUT2D eigenvalue weighted by Gasteiger charge is -2.13. The van der Waals surface area contributed by atoms with Crippen LogP contribution < -0.4 is 9.64 Å². The molecule has 0 N–H and O–H groups in total. The fourth-order valence-electron chi connectivity index (χ4n) is 2.34. The molecular formula is C17H11IN2O4S2. The zero-order chi connectivity index (χ0) is 18.8. The maximum Gasteiger partial charge on any atom is 0.270 e. The number of thioether (sulfide) groups is 1. The predicted molar refractivity (Wildman–Crippen MR) is 114 cm³/mol. The van der Waals surface area contributed by atoms with E-state index in [1.807, 2.05) is 18.2 Å². The number of nitrogens with zero attached hydrogens (tertiary/aromatic N) is 2. The van der Waals surface area contributed by atoms with Crippen LogP contribution in [0.2, 0.25) is 0 Å². The first-order valence-electron chi connectivity index (χ1n) is 7.26. The van der Waals surface area contributed by atoms with Crippen molar-refractivity contribution in [3.05, 3.63) is 66.6 Å². The van der Waals surface area contributed by atoms with E-state index in [4.69, 9.17) is 17.0 Å². The van der Waals surface area contributed by atoms with Crippen LogP contribution in [0.5, 0.6) is 5.75 Å². The van der Waals surface area contributed by atoms with Gasteiger partial charge in [0.25, 0.3) is 11.6 Å². The number of nitro benzene ring substituents is 1. The van der Waals surface area contributed by atoms with Gasteiger partial charge in [0.15, 0.2) is 4.32 Å². The Kier molecular flexibility index (Phi) is 5.58. The number of benzene rings is 2. The molecule has 0 radical (unpaired) electrons. The molecule has 1 saturated heterocycles. The number of amides is 1. The summed E-state index contributed by atoms with van der Waals surface area (Å²) >= 11 is 8.68. The number of ether oxygens (including phenoxy) is 1. The Morgan fingerprint density at radius 3 is 2.54 bits per heavy atom. The summed E-state index contributed by atoms with van der Waals surface area (Å²) < 4.78 is 6.55. The zero-order valence-corrected chi connectivity index (χ0v) is 17.1. The standard InChI is InChI=1S/C17H11IN2O4S2/c1-24-14-7-2-10(8-13(14)18)9-15-16(21)19(17(25)26-15)11-3-5-12(6-4-11)20(22)23/h2-9H,1H3/b15-9+. The minimum atomic E-state index is -0.487. The third kappa shape index (κ3) is 3.74. The van der Waals surface area contributed by atoms with Crippen LogP contribution in [0.3, 0.4) is 0 Å². The molecule has 1 aliphatic rings. The summed E-state index contributed by atoms with van der Waals surface area (Å²) in [7, 11) is 1.60. The minimum absolute atomic E-state index is 0.0393. The number of halogens is 1. The van der Waals surface area contributed by atoms with Gasteiger partial charge in [-0.3, -0.25) is 19.8 Å². The van der Waals surface area contributed by atoms with Gasteiger partial charge in [-0.15, -0.1) is 0 Å². The number of hydrogen-bond donors (Lipinski definition) is 0. The number of rotatable bonds is 4. The monoisotopic (exact) mass is 498 g/mol. The number of methoxy groups -OCH3 is 1. The van der Waals surface area contributed by atoms with E-state index >= 15 is 0 Å². The molecular weight excluding hydrogens is 487 g/mol. The minimum Gasteiger partial charge on any atom is -0.496 e. The molecule has 9 heteroatoms. The van der Waals surface area contributed by atoms with Crippen LogP contribution in [-0.4, -0.2) is 22.3 Å². The third-order valence-corrected chi connectivity index (χ3v) is 5.73. The van der Waals surface area contributed by atoms with E-state index in [2.05, 4.69) is 22.6 Å². The van der Waals surface area contributed by atoms with Crippen molar-refractivity contribution in [1.29, 1.82) is 0 Å². The first kappa shape index (κ1) is 18.8. The highest BCUT2D eigenvalue weighted by atomic mass is 127. The van der Waals surface area contributed by atoms with Crippen LogP contribution in [0, 0.1) is 13.7 Å². The van der Waals surface area contributed by atoms with Gasteiger partial charge < -0.3 is 4.74 Å². The average Bonchev–Trinajstić information content (AvgIpc) is 2.89. The van der Waals surface area contributed by atoms with Crippen molar-refractivity contribution >= 4 is 74.2 Å². The largest absolute Gasteiger partial charge is 0.496 e. The Hall–Kier alpha value is -1.98. The molecule has 0 saturated carbocycles. The predicted octanol–water partition coefficient (Wildman–Crippen LogP) is 4.61. The second kappa shape index (κ2) is 7.72. The van der Waals surface area contributed by atoms with Gasteiger partial charge in [-0.2, -0.15) is 0 Å². The van der Waals surface area contributed by atoms with Gasteiger partial charge in [0, 0.05) is 12.1 Å². The highest BCUT2D eigenvalue weighted by Crippen LogP contribution is 2.37. The fraction of sp³-hybridized carbons (Fsp3) is 0.0588. The maximum atomic E-state index is 12.7. The second-order valence-corrected chi connectivity index (χ2v) is 8.02. The second-order valence-electron chi connectivity index (χ2n) is 5.18. The number of hydrogen-bond acceptors (Lipinski definition) is 6. The molecule has 0 unspecified atom stereocenters. The smallest absolute Gasteiger partial charge is 0.270 e. The zero-order valence-electron chi connectivity index (χ0n) is 13.3. The number of non-ortho nitro benzene ring substituents is 1. The molecule has 0 atom stereocenters. The topological polar surface area (TPSA) is 72.7 Å². The van der Waals surface area contributed by atoms with Gasteiger partial charge >= 0.3 is 0 Å². The average molecular weight is 498 g/mol. The Morgan fingerprint density at radius 1 is 1.27 bits per heavy atom. The van der Waals surface area contributed by atoms with Crippen molar-refractivity contribution in [1.82, 2.24) is 0 Å².